The fourth-order valence-corrected chi connectivity index (χ4v) is 2.20. The summed E-state index contributed by atoms with van der Waals surface area (Å²) in [7, 11) is 1.69. The zero-order valence-corrected chi connectivity index (χ0v) is 12.5. The Balaban J connectivity index is 2.78. The number of nitrogens with two attached hydrogens (primary N) is 1. The molecule has 4 nitrogen and oxygen atoms in total. The summed E-state index contributed by atoms with van der Waals surface area (Å²) in [4.78, 5) is 11.4. The Labute approximate surface area is 115 Å². The topological polar surface area (TPSA) is 64.3 Å². The molecule has 1 unspecified atom stereocenters. The van der Waals surface area contributed by atoms with Gasteiger partial charge in [0.05, 0.1) is 13.2 Å². The maximum absolute atomic E-state index is 11.4. The highest BCUT2D eigenvalue weighted by atomic mass is 16.5. The number of aryl methyl sites for hydroxylation is 1. The predicted octanol–water partition coefficient (Wildman–Crippen LogP) is 1.63. The van der Waals surface area contributed by atoms with E-state index in [2.05, 4.69) is 25.2 Å². The Morgan fingerprint density at radius 3 is 2.53 bits per heavy atom. The number of hydrogen-bond donors (Lipinski definition) is 2. The van der Waals surface area contributed by atoms with Gasteiger partial charge in [-0.25, -0.2) is 0 Å². The first-order valence-corrected chi connectivity index (χ1v) is 6.55. The lowest BCUT2D eigenvalue weighted by molar-refractivity contribution is -0.121. The Morgan fingerprint density at radius 2 is 2.00 bits per heavy atom. The van der Waals surface area contributed by atoms with Crippen LogP contribution >= 0.6 is 0 Å². The number of hydrogen-bond acceptors (Lipinski definition) is 3. The average molecular weight is 264 g/mol. The van der Waals surface area contributed by atoms with Crippen molar-refractivity contribution in [2.24, 2.45) is 5.73 Å². The van der Waals surface area contributed by atoms with Crippen molar-refractivity contribution < 1.29 is 9.53 Å². The minimum atomic E-state index is -0.458. The van der Waals surface area contributed by atoms with Gasteiger partial charge in [-0.1, -0.05) is 6.07 Å². The van der Waals surface area contributed by atoms with Gasteiger partial charge < -0.3 is 15.8 Å². The Morgan fingerprint density at radius 1 is 1.37 bits per heavy atom. The third-order valence-corrected chi connectivity index (χ3v) is 3.44. The molecule has 0 fully saturated rings. The second kappa shape index (κ2) is 6.57. The first-order valence-electron chi connectivity index (χ1n) is 6.55. The average Bonchev–Trinajstić information content (AvgIpc) is 2.35. The monoisotopic (exact) mass is 264 g/mol. The number of carbonyl (C=O) groups excluding carboxylic acids is 1. The molecular formula is C15H24N2O2. The molecule has 0 aromatic heterocycles. The second-order valence-corrected chi connectivity index (χ2v) is 4.97. The molecule has 0 aliphatic carbocycles. The minimum absolute atomic E-state index is 0.111. The predicted molar refractivity (Wildman–Crippen MR) is 77.6 cm³/mol. The van der Waals surface area contributed by atoms with E-state index < -0.39 is 6.04 Å². The summed E-state index contributed by atoms with van der Waals surface area (Å²) < 4.78 is 5.40. The van der Waals surface area contributed by atoms with E-state index in [1.807, 2.05) is 6.92 Å². The zero-order valence-electron chi connectivity index (χ0n) is 12.5. The van der Waals surface area contributed by atoms with Crippen LogP contribution in [-0.4, -0.2) is 25.6 Å². The van der Waals surface area contributed by atoms with Gasteiger partial charge in [-0.3, -0.25) is 4.79 Å². The van der Waals surface area contributed by atoms with Crippen LogP contribution < -0.4 is 15.8 Å². The highest BCUT2D eigenvalue weighted by Gasteiger charge is 2.11. The number of carbonyl (C=O) groups is 1. The molecule has 0 aliphatic heterocycles. The molecule has 0 bridgehead atoms. The van der Waals surface area contributed by atoms with Crippen LogP contribution in [-0.2, 0) is 11.2 Å². The van der Waals surface area contributed by atoms with Crippen LogP contribution in [0.25, 0.3) is 0 Å². The van der Waals surface area contributed by atoms with Crippen LogP contribution in [0, 0.1) is 20.8 Å². The van der Waals surface area contributed by atoms with Crippen molar-refractivity contribution in [3.05, 3.63) is 28.3 Å². The number of rotatable bonds is 5. The number of ether oxygens (including phenoxy) is 1. The Kier molecular flexibility index (Phi) is 5.36. The van der Waals surface area contributed by atoms with E-state index in [9.17, 15) is 4.79 Å². The summed E-state index contributed by atoms with van der Waals surface area (Å²) in [6, 6.07) is 1.67. The van der Waals surface area contributed by atoms with Crippen molar-refractivity contribution in [2.45, 2.75) is 40.2 Å². The van der Waals surface area contributed by atoms with E-state index >= 15 is 0 Å². The molecule has 4 heteroatoms. The van der Waals surface area contributed by atoms with Crippen LogP contribution in [0.2, 0.25) is 0 Å². The molecule has 0 saturated carbocycles. The van der Waals surface area contributed by atoms with Crippen LogP contribution in [0.4, 0.5) is 0 Å². The van der Waals surface area contributed by atoms with Crippen LogP contribution in [0.1, 0.15) is 29.2 Å². The fourth-order valence-electron chi connectivity index (χ4n) is 2.20. The highest BCUT2D eigenvalue weighted by molar-refractivity contribution is 5.80. The van der Waals surface area contributed by atoms with E-state index in [-0.39, 0.29) is 5.91 Å². The lowest BCUT2D eigenvalue weighted by Crippen LogP contribution is -2.39. The minimum Gasteiger partial charge on any atom is -0.496 e. The van der Waals surface area contributed by atoms with E-state index in [1.165, 1.54) is 11.1 Å². The number of benzene rings is 1. The maximum atomic E-state index is 11.4. The molecule has 0 aliphatic rings. The van der Waals surface area contributed by atoms with Gasteiger partial charge in [0.15, 0.2) is 0 Å². The lowest BCUT2D eigenvalue weighted by Gasteiger charge is -2.16. The molecule has 3 N–H and O–H groups in total. The zero-order chi connectivity index (χ0) is 14.6. The SMILES string of the molecule is COc1c(C)cc(CCNC(=O)C(C)N)c(C)c1C. The first-order chi connectivity index (χ1) is 8.88. The quantitative estimate of drug-likeness (QED) is 0.849. The van der Waals surface area contributed by atoms with Crippen LogP contribution in [0.5, 0.6) is 5.75 Å². The normalized spacial score (nSPS) is 12.1. The summed E-state index contributed by atoms with van der Waals surface area (Å²) in [5.41, 5.74) is 10.2. The first kappa shape index (κ1) is 15.5. The molecule has 1 amide bonds. The number of methoxy groups -OCH3 is 1. The molecule has 19 heavy (non-hydrogen) atoms. The van der Waals surface area contributed by atoms with Gasteiger partial charge in [-0.2, -0.15) is 0 Å². The third kappa shape index (κ3) is 3.70. The smallest absolute Gasteiger partial charge is 0.236 e. The van der Waals surface area contributed by atoms with Gasteiger partial charge >= 0.3 is 0 Å². The number of amides is 1. The van der Waals surface area contributed by atoms with Crippen molar-refractivity contribution >= 4 is 5.91 Å². The van der Waals surface area contributed by atoms with Crippen molar-refractivity contribution in [1.29, 1.82) is 0 Å². The van der Waals surface area contributed by atoms with Crippen molar-refractivity contribution in [3.63, 3.8) is 0 Å². The molecule has 0 heterocycles. The van der Waals surface area contributed by atoms with Gasteiger partial charge in [0.2, 0.25) is 5.91 Å². The molecule has 1 aromatic carbocycles. The molecule has 106 valence electrons. The molecule has 0 spiro atoms. The van der Waals surface area contributed by atoms with E-state index in [0.29, 0.717) is 6.54 Å². The van der Waals surface area contributed by atoms with Gasteiger partial charge in [0.1, 0.15) is 5.75 Å². The third-order valence-electron chi connectivity index (χ3n) is 3.44. The highest BCUT2D eigenvalue weighted by Crippen LogP contribution is 2.28. The van der Waals surface area contributed by atoms with Crippen LogP contribution in [0.3, 0.4) is 0 Å². The van der Waals surface area contributed by atoms with Gasteiger partial charge in [-0.15, -0.1) is 0 Å². The summed E-state index contributed by atoms with van der Waals surface area (Å²) in [6.07, 6.45) is 0.802. The second-order valence-electron chi connectivity index (χ2n) is 4.97. The fraction of sp³-hybridized carbons (Fsp3) is 0.533. The Hall–Kier alpha value is -1.55. The van der Waals surface area contributed by atoms with Crippen LogP contribution in [0.15, 0.2) is 6.07 Å². The van der Waals surface area contributed by atoms with Gasteiger partial charge in [0, 0.05) is 6.54 Å². The summed E-state index contributed by atoms with van der Waals surface area (Å²) in [5.74, 6) is 0.834. The van der Waals surface area contributed by atoms with Crippen molar-refractivity contribution in [2.75, 3.05) is 13.7 Å². The Bertz CT molecular complexity index is 468. The summed E-state index contributed by atoms with van der Waals surface area (Å²) >= 11 is 0. The standard InChI is InChI=1S/C15H24N2O2/c1-9-8-13(6-7-17-15(18)12(4)16)10(2)11(3)14(9)19-5/h8,12H,6-7,16H2,1-5H3,(H,17,18). The molecule has 1 atom stereocenters. The van der Waals surface area contributed by atoms with E-state index in [0.717, 1.165) is 23.3 Å². The van der Waals surface area contributed by atoms with Crippen molar-refractivity contribution in [3.8, 4) is 5.75 Å². The lowest BCUT2D eigenvalue weighted by atomic mass is 9.96. The molecule has 0 saturated heterocycles. The van der Waals surface area contributed by atoms with Gasteiger partial charge in [0.25, 0.3) is 0 Å². The van der Waals surface area contributed by atoms with E-state index in [1.54, 1.807) is 14.0 Å². The summed E-state index contributed by atoms with van der Waals surface area (Å²) in [6.45, 7) is 8.47. The molecular weight excluding hydrogens is 240 g/mol. The molecule has 1 aromatic rings. The summed E-state index contributed by atoms with van der Waals surface area (Å²) in [5, 5.41) is 2.83. The van der Waals surface area contributed by atoms with Gasteiger partial charge in [-0.05, 0) is 56.4 Å². The van der Waals surface area contributed by atoms with E-state index in [4.69, 9.17) is 10.5 Å². The maximum Gasteiger partial charge on any atom is 0.236 e. The number of nitrogens with one attached hydrogen (secondary N) is 1. The van der Waals surface area contributed by atoms with Crippen molar-refractivity contribution in [1.82, 2.24) is 5.32 Å². The molecule has 0 radical (unpaired) electrons. The largest absolute Gasteiger partial charge is 0.496 e. The molecule has 1 rings (SSSR count).